The minimum absolute atomic E-state index is 0.0325. The second kappa shape index (κ2) is 7.02. The van der Waals surface area contributed by atoms with Crippen molar-refractivity contribution in [2.45, 2.75) is 26.1 Å². The number of carbonyl (C=O) groups excluding carboxylic acids is 1. The predicted octanol–water partition coefficient (Wildman–Crippen LogP) is 3.09. The molecular formula is C13H15F3O4. The fourth-order valence-electron chi connectivity index (χ4n) is 1.62. The molecule has 20 heavy (non-hydrogen) atoms. The minimum Gasteiger partial charge on any atom is -0.493 e. The Bertz CT molecular complexity index is 457. The van der Waals surface area contributed by atoms with Crippen molar-refractivity contribution in [1.29, 1.82) is 0 Å². The third-order valence-corrected chi connectivity index (χ3v) is 2.40. The molecule has 1 aromatic rings. The first kappa shape index (κ1) is 16.1. The molecule has 0 unspecified atom stereocenters. The van der Waals surface area contributed by atoms with Crippen molar-refractivity contribution in [2.24, 2.45) is 0 Å². The van der Waals surface area contributed by atoms with Crippen molar-refractivity contribution in [2.75, 3.05) is 13.7 Å². The van der Waals surface area contributed by atoms with Gasteiger partial charge in [-0.2, -0.15) is 0 Å². The fourth-order valence-corrected chi connectivity index (χ4v) is 1.62. The van der Waals surface area contributed by atoms with Crippen LogP contribution in [0.3, 0.4) is 0 Å². The number of aryl methyl sites for hydroxylation is 1. The topological polar surface area (TPSA) is 44.8 Å². The highest BCUT2D eigenvalue weighted by Crippen LogP contribution is 2.36. The SMILES string of the molecule is CCOC(=O)CCc1cccc(OC)c1OC(F)(F)F. The van der Waals surface area contributed by atoms with Gasteiger partial charge in [0.25, 0.3) is 0 Å². The molecule has 0 N–H and O–H groups in total. The summed E-state index contributed by atoms with van der Waals surface area (Å²) in [6.07, 6.45) is -4.79. The van der Waals surface area contributed by atoms with Gasteiger partial charge < -0.3 is 14.2 Å². The van der Waals surface area contributed by atoms with Crippen LogP contribution in [-0.4, -0.2) is 26.0 Å². The van der Waals surface area contributed by atoms with Crippen molar-refractivity contribution in [1.82, 2.24) is 0 Å². The number of esters is 1. The van der Waals surface area contributed by atoms with Gasteiger partial charge in [0, 0.05) is 6.42 Å². The zero-order valence-corrected chi connectivity index (χ0v) is 11.1. The summed E-state index contributed by atoms with van der Waals surface area (Å²) < 4.78 is 50.7. The van der Waals surface area contributed by atoms with Crippen molar-refractivity contribution in [3.63, 3.8) is 0 Å². The monoisotopic (exact) mass is 292 g/mol. The third-order valence-electron chi connectivity index (χ3n) is 2.40. The number of hydrogen-bond donors (Lipinski definition) is 0. The van der Waals surface area contributed by atoms with Gasteiger partial charge in [-0.25, -0.2) is 0 Å². The lowest BCUT2D eigenvalue weighted by molar-refractivity contribution is -0.275. The van der Waals surface area contributed by atoms with Crippen molar-refractivity contribution < 1.29 is 32.2 Å². The Morgan fingerprint density at radius 3 is 2.55 bits per heavy atom. The molecule has 0 fully saturated rings. The minimum atomic E-state index is -4.83. The molecule has 0 radical (unpaired) electrons. The van der Waals surface area contributed by atoms with Crippen LogP contribution in [0.5, 0.6) is 11.5 Å². The van der Waals surface area contributed by atoms with E-state index in [9.17, 15) is 18.0 Å². The van der Waals surface area contributed by atoms with Gasteiger partial charge in [0.1, 0.15) is 0 Å². The molecule has 0 bridgehead atoms. The molecule has 0 saturated carbocycles. The van der Waals surface area contributed by atoms with Gasteiger partial charge in [-0.15, -0.1) is 13.2 Å². The molecule has 0 amide bonds. The van der Waals surface area contributed by atoms with Gasteiger partial charge >= 0.3 is 12.3 Å². The van der Waals surface area contributed by atoms with Crippen LogP contribution >= 0.6 is 0 Å². The largest absolute Gasteiger partial charge is 0.573 e. The molecule has 0 heterocycles. The highest BCUT2D eigenvalue weighted by molar-refractivity contribution is 5.70. The number of hydrogen-bond acceptors (Lipinski definition) is 4. The molecule has 4 nitrogen and oxygen atoms in total. The number of rotatable bonds is 6. The zero-order chi connectivity index (χ0) is 15.2. The molecule has 0 aromatic heterocycles. The van der Waals surface area contributed by atoms with E-state index in [1.807, 2.05) is 0 Å². The standard InChI is InChI=1S/C13H15F3O4/c1-3-19-11(17)8-7-9-5-4-6-10(18-2)12(9)20-13(14,15)16/h4-6H,3,7-8H2,1-2H3. The molecule has 1 rings (SSSR count). The molecule has 0 aliphatic carbocycles. The van der Waals surface area contributed by atoms with Crippen LogP contribution in [0.4, 0.5) is 13.2 Å². The van der Waals surface area contributed by atoms with Crippen LogP contribution in [0.1, 0.15) is 18.9 Å². The van der Waals surface area contributed by atoms with E-state index in [1.54, 1.807) is 6.92 Å². The average Bonchev–Trinajstić information content (AvgIpc) is 2.36. The molecule has 112 valence electrons. The molecule has 1 aromatic carbocycles. The lowest BCUT2D eigenvalue weighted by atomic mass is 10.1. The Labute approximate surface area is 114 Å². The maximum atomic E-state index is 12.4. The number of para-hydroxylation sites is 1. The first-order valence-corrected chi connectivity index (χ1v) is 5.94. The Morgan fingerprint density at radius 2 is 2.00 bits per heavy atom. The van der Waals surface area contributed by atoms with E-state index in [4.69, 9.17) is 9.47 Å². The average molecular weight is 292 g/mol. The van der Waals surface area contributed by atoms with Crippen molar-refractivity contribution in [3.8, 4) is 11.5 Å². The molecule has 0 spiro atoms. The van der Waals surface area contributed by atoms with Gasteiger partial charge in [-0.1, -0.05) is 12.1 Å². The Morgan fingerprint density at radius 1 is 1.30 bits per heavy atom. The normalized spacial score (nSPS) is 11.1. The lowest BCUT2D eigenvalue weighted by Gasteiger charge is -2.16. The summed E-state index contributed by atoms with van der Waals surface area (Å²) in [5.74, 6) is -0.941. The Kier molecular flexibility index (Phi) is 5.66. The summed E-state index contributed by atoms with van der Waals surface area (Å²) in [5.41, 5.74) is 0.231. The molecule has 0 aliphatic heterocycles. The number of benzene rings is 1. The number of ether oxygens (including phenoxy) is 3. The van der Waals surface area contributed by atoms with Crippen LogP contribution in [0.15, 0.2) is 18.2 Å². The number of alkyl halides is 3. The third kappa shape index (κ3) is 4.99. The van der Waals surface area contributed by atoms with E-state index >= 15 is 0 Å². The zero-order valence-electron chi connectivity index (χ0n) is 11.1. The van der Waals surface area contributed by atoms with Crippen LogP contribution in [-0.2, 0) is 16.0 Å². The van der Waals surface area contributed by atoms with Gasteiger partial charge in [-0.05, 0) is 25.0 Å². The molecule has 7 heteroatoms. The van der Waals surface area contributed by atoms with E-state index in [2.05, 4.69) is 4.74 Å². The van der Waals surface area contributed by atoms with E-state index in [0.29, 0.717) is 0 Å². The molecule has 0 atom stereocenters. The van der Waals surface area contributed by atoms with Crippen molar-refractivity contribution >= 4 is 5.97 Å². The maximum Gasteiger partial charge on any atom is 0.573 e. The van der Waals surface area contributed by atoms with Gasteiger partial charge in [0.15, 0.2) is 11.5 Å². The number of carbonyl (C=O) groups is 1. The Hall–Kier alpha value is -1.92. The predicted molar refractivity (Wildman–Crippen MR) is 64.6 cm³/mol. The summed E-state index contributed by atoms with van der Waals surface area (Å²) in [6, 6.07) is 4.33. The van der Waals surface area contributed by atoms with Crippen molar-refractivity contribution in [3.05, 3.63) is 23.8 Å². The van der Waals surface area contributed by atoms with E-state index in [1.165, 1.54) is 25.3 Å². The van der Waals surface area contributed by atoms with Crippen LogP contribution in [0.2, 0.25) is 0 Å². The summed E-state index contributed by atoms with van der Waals surface area (Å²) in [7, 11) is 1.24. The molecular weight excluding hydrogens is 277 g/mol. The maximum absolute atomic E-state index is 12.4. The summed E-state index contributed by atoms with van der Waals surface area (Å²) >= 11 is 0. The highest BCUT2D eigenvalue weighted by atomic mass is 19.4. The van der Waals surface area contributed by atoms with Gasteiger partial charge in [0.05, 0.1) is 13.7 Å². The molecule has 0 saturated heterocycles. The Balaban J connectivity index is 2.91. The first-order valence-electron chi connectivity index (χ1n) is 5.94. The summed E-state index contributed by atoms with van der Waals surface area (Å²) in [4.78, 5) is 11.3. The smallest absolute Gasteiger partial charge is 0.493 e. The van der Waals surface area contributed by atoms with Gasteiger partial charge in [0.2, 0.25) is 0 Å². The highest BCUT2D eigenvalue weighted by Gasteiger charge is 2.33. The van der Waals surface area contributed by atoms with Crippen LogP contribution < -0.4 is 9.47 Å². The van der Waals surface area contributed by atoms with E-state index in [-0.39, 0.29) is 30.8 Å². The van der Waals surface area contributed by atoms with Crippen LogP contribution in [0.25, 0.3) is 0 Å². The number of halogens is 3. The van der Waals surface area contributed by atoms with Crippen LogP contribution in [0, 0.1) is 0 Å². The lowest BCUT2D eigenvalue weighted by Crippen LogP contribution is -2.19. The van der Waals surface area contributed by atoms with E-state index in [0.717, 1.165) is 0 Å². The van der Waals surface area contributed by atoms with Gasteiger partial charge in [-0.3, -0.25) is 4.79 Å². The fraction of sp³-hybridized carbons (Fsp3) is 0.462. The first-order chi connectivity index (χ1) is 9.37. The molecule has 0 aliphatic rings. The summed E-state index contributed by atoms with van der Waals surface area (Å²) in [5, 5.41) is 0. The second-order valence-electron chi connectivity index (χ2n) is 3.80. The quantitative estimate of drug-likeness (QED) is 0.756. The number of methoxy groups -OCH3 is 1. The van der Waals surface area contributed by atoms with E-state index < -0.39 is 18.1 Å². The second-order valence-corrected chi connectivity index (χ2v) is 3.80. The summed E-state index contributed by atoms with van der Waals surface area (Å²) in [6.45, 7) is 1.88.